The van der Waals surface area contributed by atoms with Crippen LogP contribution in [0.1, 0.15) is 11.1 Å². The molecule has 1 aliphatic heterocycles. The molecule has 0 unspecified atom stereocenters. The standard InChI is InChI=1S/C17H16FN3O3S/c1-21(11-16(22)19-10-12-6-8-13(18)9-7-12)17-14-4-2-3-5-15(14)25(23,24)20-17/h2-9H,10-11H2,1H3,(H,19,22). The third-order valence-electron chi connectivity index (χ3n) is 3.76. The summed E-state index contributed by atoms with van der Waals surface area (Å²) in [6.45, 7) is 0.207. The molecule has 2 aromatic rings. The highest BCUT2D eigenvalue weighted by atomic mass is 32.2. The molecule has 1 amide bonds. The van der Waals surface area contributed by atoms with E-state index in [0.717, 1.165) is 5.56 Å². The van der Waals surface area contributed by atoms with E-state index in [2.05, 4.69) is 9.71 Å². The Morgan fingerprint density at radius 3 is 2.56 bits per heavy atom. The lowest BCUT2D eigenvalue weighted by atomic mass is 10.2. The summed E-state index contributed by atoms with van der Waals surface area (Å²) >= 11 is 0. The number of fused-ring (bicyclic) bond motifs is 1. The van der Waals surface area contributed by atoms with Crippen molar-refractivity contribution in [2.75, 3.05) is 13.6 Å². The normalized spacial score (nSPS) is 14.6. The second-order valence-electron chi connectivity index (χ2n) is 5.65. The summed E-state index contributed by atoms with van der Waals surface area (Å²) in [5, 5.41) is 2.71. The average Bonchev–Trinajstić information content (AvgIpc) is 2.86. The first-order valence-corrected chi connectivity index (χ1v) is 8.97. The summed E-state index contributed by atoms with van der Waals surface area (Å²) in [6, 6.07) is 12.3. The van der Waals surface area contributed by atoms with Gasteiger partial charge in [0.1, 0.15) is 10.7 Å². The number of nitrogens with one attached hydrogen (secondary N) is 1. The summed E-state index contributed by atoms with van der Waals surface area (Å²) in [7, 11) is -2.11. The van der Waals surface area contributed by atoms with Crippen LogP contribution in [0.2, 0.25) is 0 Å². The highest BCUT2D eigenvalue weighted by molar-refractivity contribution is 7.90. The molecule has 0 radical (unpaired) electrons. The molecule has 8 heteroatoms. The zero-order valence-electron chi connectivity index (χ0n) is 13.4. The minimum absolute atomic E-state index is 0.0517. The molecule has 0 aliphatic carbocycles. The molecule has 130 valence electrons. The number of amides is 1. The number of amidine groups is 1. The topological polar surface area (TPSA) is 78.8 Å². The molecule has 1 N–H and O–H groups in total. The number of benzene rings is 2. The molecule has 1 aliphatic rings. The summed E-state index contributed by atoms with van der Waals surface area (Å²) < 4.78 is 40.7. The Hall–Kier alpha value is -2.74. The summed E-state index contributed by atoms with van der Waals surface area (Å²) in [6.07, 6.45) is 0. The van der Waals surface area contributed by atoms with Crippen LogP contribution in [0.5, 0.6) is 0 Å². The second kappa shape index (κ2) is 6.64. The Morgan fingerprint density at radius 2 is 1.84 bits per heavy atom. The monoisotopic (exact) mass is 361 g/mol. The van der Waals surface area contributed by atoms with Gasteiger partial charge < -0.3 is 10.2 Å². The van der Waals surface area contributed by atoms with Gasteiger partial charge in [-0.25, -0.2) is 4.39 Å². The second-order valence-corrected chi connectivity index (χ2v) is 7.22. The van der Waals surface area contributed by atoms with Crippen LogP contribution >= 0.6 is 0 Å². The van der Waals surface area contributed by atoms with Crippen molar-refractivity contribution in [3.8, 4) is 0 Å². The lowest BCUT2D eigenvalue weighted by molar-refractivity contribution is -0.121. The van der Waals surface area contributed by atoms with Crippen molar-refractivity contribution in [2.24, 2.45) is 4.40 Å². The SMILES string of the molecule is CN(CC(=O)NCc1ccc(F)cc1)C1=NS(=O)(=O)c2ccccc21. The Morgan fingerprint density at radius 1 is 1.16 bits per heavy atom. The predicted molar refractivity (Wildman–Crippen MR) is 91.0 cm³/mol. The molecule has 6 nitrogen and oxygen atoms in total. The van der Waals surface area contributed by atoms with E-state index in [0.29, 0.717) is 5.56 Å². The lowest BCUT2D eigenvalue weighted by Gasteiger charge is -2.18. The summed E-state index contributed by atoms with van der Waals surface area (Å²) in [5.41, 5.74) is 1.25. The quantitative estimate of drug-likeness (QED) is 0.896. The van der Waals surface area contributed by atoms with Gasteiger partial charge in [0.15, 0.2) is 5.84 Å². The summed E-state index contributed by atoms with van der Waals surface area (Å²) in [4.78, 5) is 13.7. The van der Waals surface area contributed by atoms with E-state index < -0.39 is 10.0 Å². The fourth-order valence-electron chi connectivity index (χ4n) is 2.51. The third-order valence-corrected chi connectivity index (χ3v) is 5.08. The number of carbonyl (C=O) groups excluding carboxylic acids is 1. The first-order chi connectivity index (χ1) is 11.9. The van der Waals surface area contributed by atoms with E-state index >= 15 is 0 Å². The van der Waals surface area contributed by atoms with Gasteiger partial charge in [-0.05, 0) is 29.8 Å². The zero-order chi connectivity index (χ0) is 18.0. The summed E-state index contributed by atoms with van der Waals surface area (Å²) in [5.74, 6) is -0.391. The predicted octanol–water partition coefficient (Wildman–Crippen LogP) is 1.52. The minimum atomic E-state index is -3.72. The van der Waals surface area contributed by atoms with Gasteiger partial charge in [-0.15, -0.1) is 4.40 Å². The van der Waals surface area contributed by atoms with Crippen molar-refractivity contribution in [1.82, 2.24) is 10.2 Å². The lowest BCUT2D eigenvalue weighted by Crippen LogP contribution is -2.38. The average molecular weight is 361 g/mol. The molecule has 1 heterocycles. The van der Waals surface area contributed by atoms with Gasteiger partial charge in [0.25, 0.3) is 10.0 Å². The van der Waals surface area contributed by atoms with Crippen molar-refractivity contribution < 1.29 is 17.6 Å². The van der Waals surface area contributed by atoms with Gasteiger partial charge in [-0.2, -0.15) is 8.42 Å². The zero-order valence-corrected chi connectivity index (χ0v) is 14.3. The minimum Gasteiger partial charge on any atom is -0.350 e. The van der Waals surface area contributed by atoms with E-state index in [-0.39, 0.29) is 35.5 Å². The van der Waals surface area contributed by atoms with E-state index in [1.54, 1.807) is 37.4 Å². The number of halogens is 1. The fraction of sp³-hybridized carbons (Fsp3) is 0.176. The molecule has 2 aromatic carbocycles. The van der Waals surface area contributed by atoms with E-state index in [4.69, 9.17) is 0 Å². The van der Waals surface area contributed by atoms with Crippen LogP contribution < -0.4 is 5.32 Å². The van der Waals surface area contributed by atoms with Crippen LogP contribution in [0.15, 0.2) is 57.8 Å². The van der Waals surface area contributed by atoms with Gasteiger partial charge >= 0.3 is 0 Å². The molecule has 0 saturated carbocycles. The maximum atomic E-state index is 12.9. The molecular formula is C17H16FN3O3S. The van der Waals surface area contributed by atoms with Gasteiger partial charge in [0, 0.05) is 19.2 Å². The van der Waals surface area contributed by atoms with Crippen molar-refractivity contribution >= 4 is 21.8 Å². The number of nitrogens with zero attached hydrogens (tertiary/aromatic N) is 2. The van der Waals surface area contributed by atoms with Crippen molar-refractivity contribution in [3.63, 3.8) is 0 Å². The Labute approximate surface area is 145 Å². The van der Waals surface area contributed by atoms with E-state index in [1.807, 2.05) is 0 Å². The van der Waals surface area contributed by atoms with Crippen LogP contribution in [0.4, 0.5) is 4.39 Å². The highest BCUT2D eigenvalue weighted by Gasteiger charge is 2.30. The molecule has 3 rings (SSSR count). The number of carbonyl (C=O) groups is 1. The first-order valence-electron chi connectivity index (χ1n) is 7.53. The van der Waals surface area contributed by atoms with Crippen LogP contribution in [0, 0.1) is 5.82 Å². The number of sulfonamides is 1. The van der Waals surface area contributed by atoms with Gasteiger partial charge in [0.2, 0.25) is 5.91 Å². The third kappa shape index (κ3) is 3.69. The number of likely N-dealkylation sites (N-methyl/N-ethyl adjacent to an activating group) is 1. The van der Waals surface area contributed by atoms with Gasteiger partial charge in [-0.1, -0.05) is 24.3 Å². The van der Waals surface area contributed by atoms with Crippen molar-refractivity contribution in [3.05, 3.63) is 65.5 Å². The smallest absolute Gasteiger partial charge is 0.285 e. The number of hydrogen-bond donors (Lipinski definition) is 1. The van der Waals surface area contributed by atoms with Crippen LogP contribution in [-0.4, -0.2) is 38.7 Å². The highest BCUT2D eigenvalue weighted by Crippen LogP contribution is 2.26. The number of hydrogen-bond acceptors (Lipinski definition) is 4. The van der Waals surface area contributed by atoms with Crippen LogP contribution in [-0.2, 0) is 21.4 Å². The molecule has 0 saturated heterocycles. The molecule has 0 bridgehead atoms. The first kappa shape index (κ1) is 17.1. The molecule has 0 fully saturated rings. The van der Waals surface area contributed by atoms with Crippen molar-refractivity contribution in [2.45, 2.75) is 11.4 Å². The molecule has 0 aromatic heterocycles. The Bertz CT molecular complexity index is 940. The number of rotatable bonds is 4. The molecule has 0 spiro atoms. The molecule has 0 atom stereocenters. The van der Waals surface area contributed by atoms with E-state index in [1.165, 1.54) is 23.1 Å². The Kier molecular flexibility index (Phi) is 4.54. The molecular weight excluding hydrogens is 345 g/mol. The fourth-order valence-corrected chi connectivity index (χ4v) is 3.76. The Balaban J connectivity index is 1.65. The van der Waals surface area contributed by atoms with Gasteiger partial charge in [-0.3, -0.25) is 4.79 Å². The van der Waals surface area contributed by atoms with Crippen LogP contribution in [0.3, 0.4) is 0 Å². The van der Waals surface area contributed by atoms with Gasteiger partial charge in [0.05, 0.1) is 6.54 Å². The maximum absolute atomic E-state index is 12.9. The maximum Gasteiger partial charge on any atom is 0.285 e. The molecule has 25 heavy (non-hydrogen) atoms. The largest absolute Gasteiger partial charge is 0.350 e. The van der Waals surface area contributed by atoms with E-state index in [9.17, 15) is 17.6 Å². The van der Waals surface area contributed by atoms with Crippen molar-refractivity contribution in [1.29, 1.82) is 0 Å². The van der Waals surface area contributed by atoms with Crippen LogP contribution in [0.25, 0.3) is 0 Å².